The molecule has 26 heavy (non-hydrogen) atoms. The highest BCUT2D eigenvalue weighted by Crippen LogP contribution is 2.63. The quantitative estimate of drug-likeness (QED) is 0.391. The fourth-order valence-electron chi connectivity index (χ4n) is 2.56. The fraction of sp³-hybridized carbons (Fsp3) is 0.368. The van der Waals surface area contributed by atoms with Crippen LogP contribution in [-0.4, -0.2) is 16.6 Å². The highest BCUT2D eigenvalue weighted by Gasteiger charge is 2.44. The average Bonchev–Trinajstić information content (AvgIpc) is 2.50. The molecular formula is C19H30NO3PSi2. The van der Waals surface area contributed by atoms with E-state index in [2.05, 4.69) is 5.32 Å². The minimum absolute atomic E-state index is 0.551. The summed E-state index contributed by atoms with van der Waals surface area (Å²) in [5.41, 5.74) is 1.79. The van der Waals surface area contributed by atoms with Crippen LogP contribution >= 0.6 is 7.60 Å². The van der Waals surface area contributed by atoms with Crippen molar-refractivity contribution in [3.63, 3.8) is 0 Å². The van der Waals surface area contributed by atoms with Crippen LogP contribution in [-0.2, 0) is 13.0 Å². The molecule has 2 rings (SSSR count). The van der Waals surface area contributed by atoms with Gasteiger partial charge in [-0.3, -0.25) is 4.57 Å². The molecule has 7 heteroatoms. The van der Waals surface area contributed by atoms with Crippen LogP contribution < -0.4 is 5.32 Å². The lowest BCUT2D eigenvalue weighted by Crippen LogP contribution is -2.33. The summed E-state index contributed by atoms with van der Waals surface area (Å²) in [5, 5.41) is 3.41. The maximum Gasteiger partial charge on any atom is 0.338 e. The molecule has 2 aromatic rings. The van der Waals surface area contributed by atoms with Gasteiger partial charge in [-0.2, -0.15) is 0 Å². The molecular weight excluding hydrogens is 377 g/mol. The van der Waals surface area contributed by atoms with E-state index < -0.39 is 30.0 Å². The number of para-hydroxylation sites is 1. The molecule has 0 fully saturated rings. The maximum absolute atomic E-state index is 14.1. The molecule has 0 saturated heterocycles. The van der Waals surface area contributed by atoms with E-state index in [-0.39, 0.29) is 0 Å². The molecule has 0 amide bonds. The van der Waals surface area contributed by atoms with E-state index in [0.717, 1.165) is 11.3 Å². The summed E-state index contributed by atoms with van der Waals surface area (Å²) in [7, 11) is -7.67. The molecule has 4 nitrogen and oxygen atoms in total. The van der Waals surface area contributed by atoms with Crippen LogP contribution in [0.25, 0.3) is 0 Å². The standard InChI is InChI=1S/C19H30NO3PSi2/c1-25(2,3)22-24(21,23-26(4,5)6)19(17-13-9-7-10-14-17)20-18-15-11-8-12-16-18/h7-16,19-20H,1-6H3. The van der Waals surface area contributed by atoms with Crippen LogP contribution in [0.5, 0.6) is 0 Å². The number of hydrogen-bond donors (Lipinski definition) is 1. The Morgan fingerprint density at radius 2 is 1.19 bits per heavy atom. The number of anilines is 1. The van der Waals surface area contributed by atoms with Crippen molar-refractivity contribution >= 4 is 29.9 Å². The van der Waals surface area contributed by atoms with Gasteiger partial charge in [-0.25, -0.2) is 0 Å². The van der Waals surface area contributed by atoms with Gasteiger partial charge < -0.3 is 13.7 Å². The number of nitrogens with one attached hydrogen (secondary N) is 1. The van der Waals surface area contributed by atoms with Crippen LogP contribution in [0.15, 0.2) is 60.7 Å². The number of rotatable bonds is 8. The van der Waals surface area contributed by atoms with Crippen molar-refractivity contribution in [2.45, 2.75) is 45.1 Å². The summed E-state index contributed by atoms with van der Waals surface area (Å²) in [6, 6.07) is 19.6. The lowest BCUT2D eigenvalue weighted by atomic mass is 10.2. The Bertz CT molecular complexity index is 723. The lowest BCUT2D eigenvalue weighted by molar-refractivity contribution is 0.373. The highest BCUT2D eigenvalue weighted by atomic mass is 31.2. The third kappa shape index (κ3) is 6.52. The van der Waals surface area contributed by atoms with Gasteiger partial charge in [0.2, 0.25) is 0 Å². The summed E-state index contributed by atoms with van der Waals surface area (Å²) in [5.74, 6) is -0.551. The van der Waals surface area contributed by atoms with Crippen LogP contribution in [0.2, 0.25) is 39.3 Å². The summed E-state index contributed by atoms with van der Waals surface area (Å²) in [6.07, 6.45) is 0. The molecule has 0 aliphatic carbocycles. The minimum atomic E-state index is -3.45. The summed E-state index contributed by atoms with van der Waals surface area (Å²) in [4.78, 5) is 0. The lowest BCUT2D eigenvalue weighted by Gasteiger charge is -2.36. The van der Waals surface area contributed by atoms with Gasteiger partial charge in [-0.15, -0.1) is 0 Å². The highest BCUT2D eigenvalue weighted by molar-refractivity contribution is 7.57. The second-order valence-corrected chi connectivity index (χ2v) is 19.8. The average molecular weight is 408 g/mol. The Labute approximate surface area is 159 Å². The first-order valence-corrected chi connectivity index (χ1v) is 17.3. The second kappa shape index (κ2) is 8.23. The first kappa shape index (κ1) is 21.1. The summed E-state index contributed by atoms with van der Waals surface area (Å²) >= 11 is 0. The molecule has 0 bridgehead atoms. The van der Waals surface area contributed by atoms with E-state index in [1.165, 1.54) is 0 Å². The van der Waals surface area contributed by atoms with Crippen molar-refractivity contribution in [3.8, 4) is 0 Å². The molecule has 0 aliphatic heterocycles. The van der Waals surface area contributed by atoms with Crippen LogP contribution in [0, 0.1) is 0 Å². The summed E-state index contributed by atoms with van der Waals surface area (Å²) < 4.78 is 26.6. The van der Waals surface area contributed by atoms with E-state index in [1.807, 2.05) is 99.9 Å². The summed E-state index contributed by atoms with van der Waals surface area (Å²) in [6.45, 7) is 12.2. The Morgan fingerprint density at radius 1 is 0.769 bits per heavy atom. The molecule has 1 atom stereocenters. The van der Waals surface area contributed by atoms with Crippen LogP contribution in [0.3, 0.4) is 0 Å². The van der Waals surface area contributed by atoms with Gasteiger partial charge in [0.15, 0.2) is 22.4 Å². The molecule has 0 spiro atoms. The zero-order valence-electron chi connectivity index (χ0n) is 16.5. The van der Waals surface area contributed by atoms with Gasteiger partial charge >= 0.3 is 7.60 Å². The molecule has 1 unspecified atom stereocenters. The van der Waals surface area contributed by atoms with Gasteiger partial charge in [0.05, 0.1) is 0 Å². The zero-order valence-corrected chi connectivity index (χ0v) is 19.4. The SMILES string of the molecule is C[Si](C)(C)OP(=O)(O[Si](C)(C)C)C(Nc1ccccc1)c1ccccc1. The van der Waals surface area contributed by atoms with Crippen molar-refractivity contribution < 1.29 is 13.0 Å². The maximum atomic E-state index is 14.1. The minimum Gasteiger partial charge on any atom is -0.368 e. The Balaban J connectivity index is 2.52. The molecule has 0 saturated carbocycles. The predicted octanol–water partition coefficient (Wildman–Crippen LogP) is 6.69. The van der Waals surface area contributed by atoms with Crippen molar-refractivity contribution in [3.05, 3.63) is 66.2 Å². The van der Waals surface area contributed by atoms with E-state index in [1.54, 1.807) is 0 Å². The van der Waals surface area contributed by atoms with Gasteiger partial charge in [-0.05, 0) is 57.0 Å². The van der Waals surface area contributed by atoms with Crippen molar-refractivity contribution in [2.75, 3.05) is 5.32 Å². The Hall–Kier alpha value is -1.18. The molecule has 0 heterocycles. The monoisotopic (exact) mass is 407 g/mol. The predicted molar refractivity (Wildman–Crippen MR) is 116 cm³/mol. The molecule has 1 N–H and O–H groups in total. The number of hydrogen-bond acceptors (Lipinski definition) is 4. The van der Waals surface area contributed by atoms with Gasteiger partial charge in [0.1, 0.15) is 0 Å². The van der Waals surface area contributed by atoms with E-state index in [4.69, 9.17) is 8.43 Å². The van der Waals surface area contributed by atoms with E-state index in [9.17, 15) is 4.57 Å². The van der Waals surface area contributed by atoms with Crippen LogP contribution in [0.4, 0.5) is 5.69 Å². The van der Waals surface area contributed by atoms with Gasteiger partial charge in [0.25, 0.3) is 0 Å². The van der Waals surface area contributed by atoms with Gasteiger partial charge in [0, 0.05) is 5.69 Å². The fourth-order valence-corrected chi connectivity index (χ4v) is 10.8. The third-order valence-electron chi connectivity index (χ3n) is 3.31. The molecule has 142 valence electrons. The number of benzene rings is 2. The third-order valence-corrected chi connectivity index (χ3v) is 10.8. The van der Waals surface area contributed by atoms with Crippen LogP contribution in [0.1, 0.15) is 11.3 Å². The first-order chi connectivity index (χ1) is 12.0. The topological polar surface area (TPSA) is 47.6 Å². The molecule has 0 radical (unpaired) electrons. The Kier molecular flexibility index (Phi) is 6.69. The largest absolute Gasteiger partial charge is 0.368 e. The smallest absolute Gasteiger partial charge is 0.338 e. The normalized spacial score (nSPS) is 14.1. The Morgan fingerprint density at radius 3 is 1.62 bits per heavy atom. The molecule has 0 aromatic heterocycles. The molecule has 2 aromatic carbocycles. The van der Waals surface area contributed by atoms with Gasteiger partial charge in [-0.1, -0.05) is 48.5 Å². The van der Waals surface area contributed by atoms with Crippen molar-refractivity contribution in [2.24, 2.45) is 0 Å². The van der Waals surface area contributed by atoms with E-state index >= 15 is 0 Å². The second-order valence-electron chi connectivity index (χ2n) is 8.27. The van der Waals surface area contributed by atoms with E-state index in [0.29, 0.717) is 0 Å². The zero-order chi connectivity index (χ0) is 19.4. The molecule has 0 aliphatic rings. The first-order valence-electron chi connectivity index (χ1n) is 8.86. The van der Waals surface area contributed by atoms with Crippen molar-refractivity contribution in [1.82, 2.24) is 0 Å². The van der Waals surface area contributed by atoms with Crippen molar-refractivity contribution in [1.29, 1.82) is 0 Å².